The summed E-state index contributed by atoms with van der Waals surface area (Å²) in [5, 5.41) is 13.8. The molecule has 0 atom stereocenters. The summed E-state index contributed by atoms with van der Waals surface area (Å²) >= 11 is 1.27. The van der Waals surface area contributed by atoms with Gasteiger partial charge in [-0.1, -0.05) is 30.0 Å². The third-order valence-corrected chi connectivity index (χ3v) is 5.87. The minimum absolute atomic E-state index is 0.0882. The number of hydrogen-bond donors (Lipinski definition) is 1. The Labute approximate surface area is 166 Å². The van der Waals surface area contributed by atoms with E-state index in [0.29, 0.717) is 17.0 Å². The maximum atomic E-state index is 12.4. The van der Waals surface area contributed by atoms with E-state index in [4.69, 9.17) is 4.42 Å². The molecule has 1 N–H and O–H groups in total. The van der Waals surface area contributed by atoms with Crippen LogP contribution in [0.25, 0.3) is 21.8 Å². The van der Waals surface area contributed by atoms with Gasteiger partial charge < -0.3 is 14.3 Å². The van der Waals surface area contributed by atoms with E-state index in [-0.39, 0.29) is 11.7 Å². The summed E-state index contributed by atoms with van der Waals surface area (Å²) in [6.07, 6.45) is 2.23. The Bertz CT molecular complexity index is 1180. The molecule has 0 bridgehead atoms. The lowest BCUT2D eigenvalue weighted by Crippen LogP contribution is -2.13. The fraction of sp³-hybridized carbons (Fsp3) is 0.286. The Kier molecular flexibility index (Phi) is 4.31. The van der Waals surface area contributed by atoms with Crippen molar-refractivity contribution in [1.29, 1.82) is 0 Å². The lowest BCUT2D eigenvalue weighted by molar-refractivity contribution is -0.113. The second kappa shape index (κ2) is 6.98. The first-order valence-electron chi connectivity index (χ1n) is 9.50. The van der Waals surface area contributed by atoms with Gasteiger partial charge in [-0.2, -0.15) is 0 Å². The molecule has 28 heavy (non-hydrogen) atoms. The van der Waals surface area contributed by atoms with Crippen LogP contribution in [0.3, 0.4) is 0 Å². The highest BCUT2D eigenvalue weighted by atomic mass is 32.2. The predicted octanol–water partition coefficient (Wildman–Crippen LogP) is 4.81. The highest BCUT2D eigenvalue weighted by Crippen LogP contribution is 2.39. The van der Waals surface area contributed by atoms with Crippen LogP contribution in [-0.2, 0) is 11.3 Å². The lowest BCUT2D eigenvalue weighted by Gasteiger charge is -2.06. The number of aryl methyl sites for hydroxylation is 1. The number of fused-ring (bicyclic) bond motifs is 3. The second-order valence-electron chi connectivity index (χ2n) is 7.01. The van der Waals surface area contributed by atoms with E-state index >= 15 is 0 Å². The first-order valence-corrected chi connectivity index (χ1v) is 10.5. The molecule has 0 aliphatic heterocycles. The van der Waals surface area contributed by atoms with Crippen molar-refractivity contribution in [3.05, 3.63) is 48.4 Å². The smallest absolute Gasteiger partial charge is 0.277 e. The van der Waals surface area contributed by atoms with Crippen LogP contribution in [0.4, 0.5) is 5.69 Å². The van der Waals surface area contributed by atoms with E-state index in [0.717, 1.165) is 30.5 Å². The highest BCUT2D eigenvalue weighted by molar-refractivity contribution is 7.99. The van der Waals surface area contributed by atoms with Crippen molar-refractivity contribution in [3.63, 3.8) is 0 Å². The van der Waals surface area contributed by atoms with E-state index < -0.39 is 0 Å². The average Bonchev–Trinajstić information content (AvgIpc) is 3.37. The zero-order valence-electron chi connectivity index (χ0n) is 15.5. The third-order valence-electron chi connectivity index (χ3n) is 5.05. The second-order valence-corrected chi connectivity index (χ2v) is 7.94. The summed E-state index contributed by atoms with van der Waals surface area (Å²) in [7, 11) is 0. The van der Waals surface area contributed by atoms with Crippen LogP contribution < -0.4 is 5.32 Å². The lowest BCUT2D eigenvalue weighted by atomic mass is 10.1. The van der Waals surface area contributed by atoms with Gasteiger partial charge in [0.1, 0.15) is 0 Å². The maximum absolute atomic E-state index is 12.4. The molecule has 1 amide bonds. The highest BCUT2D eigenvalue weighted by Gasteiger charge is 2.29. The number of amides is 1. The first kappa shape index (κ1) is 17.3. The number of aromatic nitrogens is 3. The summed E-state index contributed by atoms with van der Waals surface area (Å²) in [6.45, 7) is 3.05. The fourth-order valence-corrected chi connectivity index (χ4v) is 4.14. The van der Waals surface area contributed by atoms with Crippen molar-refractivity contribution in [2.24, 2.45) is 0 Å². The van der Waals surface area contributed by atoms with Gasteiger partial charge >= 0.3 is 0 Å². The molecule has 0 unspecified atom stereocenters. The van der Waals surface area contributed by atoms with Crippen molar-refractivity contribution in [2.45, 2.75) is 37.5 Å². The van der Waals surface area contributed by atoms with Crippen molar-refractivity contribution in [2.75, 3.05) is 11.1 Å². The maximum Gasteiger partial charge on any atom is 0.277 e. The average molecular weight is 392 g/mol. The van der Waals surface area contributed by atoms with Crippen LogP contribution in [0, 0.1) is 0 Å². The number of benzene rings is 2. The summed E-state index contributed by atoms with van der Waals surface area (Å²) in [5.74, 6) is 1.27. The number of hydrogen-bond acceptors (Lipinski definition) is 5. The van der Waals surface area contributed by atoms with Crippen LogP contribution in [0.15, 0.2) is 52.1 Å². The number of carbonyl (C=O) groups excluding carboxylic acids is 1. The van der Waals surface area contributed by atoms with Crippen molar-refractivity contribution >= 4 is 45.2 Å². The van der Waals surface area contributed by atoms with E-state index in [1.807, 2.05) is 18.2 Å². The number of anilines is 1. The molecule has 1 fully saturated rings. The van der Waals surface area contributed by atoms with E-state index in [9.17, 15) is 4.79 Å². The third kappa shape index (κ3) is 3.16. The van der Waals surface area contributed by atoms with Crippen LogP contribution in [0.2, 0.25) is 0 Å². The molecule has 1 aliphatic carbocycles. The molecule has 142 valence electrons. The Morgan fingerprint density at radius 3 is 2.82 bits per heavy atom. The van der Waals surface area contributed by atoms with Crippen LogP contribution in [-0.4, -0.2) is 26.4 Å². The van der Waals surface area contributed by atoms with Gasteiger partial charge in [0, 0.05) is 40.0 Å². The zero-order chi connectivity index (χ0) is 19.1. The van der Waals surface area contributed by atoms with E-state index in [2.05, 4.69) is 51.3 Å². The quantitative estimate of drug-likeness (QED) is 0.477. The van der Waals surface area contributed by atoms with Gasteiger partial charge in [-0.15, -0.1) is 10.2 Å². The van der Waals surface area contributed by atoms with Gasteiger partial charge in [0.2, 0.25) is 11.8 Å². The molecule has 2 aromatic heterocycles. The number of para-hydroxylation sites is 1. The standard InChI is InChI=1S/C21H20N4O2S/c1-2-25-17-6-4-3-5-15(17)16-11-14(9-10-18(16)25)22-19(26)12-28-21-24-23-20(27-21)13-7-8-13/h3-6,9-11,13H,2,7-8,12H2,1H3,(H,22,26). The normalized spacial score (nSPS) is 14.0. The zero-order valence-corrected chi connectivity index (χ0v) is 16.3. The van der Waals surface area contributed by atoms with Crippen molar-refractivity contribution in [1.82, 2.24) is 14.8 Å². The number of rotatable bonds is 6. The fourth-order valence-electron chi connectivity index (χ4n) is 3.57. The van der Waals surface area contributed by atoms with Crippen LogP contribution in [0.1, 0.15) is 31.6 Å². The number of carbonyl (C=O) groups is 1. The van der Waals surface area contributed by atoms with E-state index in [1.165, 1.54) is 28.2 Å². The first-order chi connectivity index (χ1) is 13.7. The van der Waals surface area contributed by atoms with Crippen molar-refractivity contribution < 1.29 is 9.21 Å². The van der Waals surface area contributed by atoms with Gasteiger partial charge in [0.15, 0.2) is 0 Å². The molecule has 2 aromatic carbocycles. The predicted molar refractivity (Wildman–Crippen MR) is 111 cm³/mol. The van der Waals surface area contributed by atoms with Gasteiger partial charge in [-0.3, -0.25) is 4.79 Å². The molecule has 6 nitrogen and oxygen atoms in total. The molecule has 1 aliphatic rings. The summed E-state index contributed by atoms with van der Waals surface area (Å²) < 4.78 is 7.88. The largest absolute Gasteiger partial charge is 0.416 e. The molecular weight excluding hydrogens is 372 g/mol. The Balaban J connectivity index is 1.32. The van der Waals surface area contributed by atoms with Crippen molar-refractivity contribution in [3.8, 4) is 0 Å². The van der Waals surface area contributed by atoms with E-state index in [1.54, 1.807) is 0 Å². The number of thioether (sulfide) groups is 1. The molecule has 4 aromatic rings. The molecule has 0 spiro atoms. The Morgan fingerprint density at radius 2 is 2.00 bits per heavy atom. The molecule has 5 rings (SSSR count). The molecule has 7 heteroatoms. The van der Waals surface area contributed by atoms with Gasteiger partial charge in [-0.25, -0.2) is 0 Å². The molecule has 0 radical (unpaired) electrons. The minimum Gasteiger partial charge on any atom is -0.416 e. The molecule has 0 saturated heterocycles. The van der Waals surface area contributed by atoms with Crippen LogP contribution >= 0.6 is 11.8 Å². The van der Waals surface area contributed by atoms with Gasteiger partial charge in [0.25, 0.3) is 5.22 Å². The summed E-state index contributed by atoms with van der Waals surface area (Å²) in [6, 6.07) is 14.4. The number of nitrogens with one attached hydrogen (secondary N) is 1. The topological polar surface area (TPSA) is 73.0 Å². The minimum atomic E-state index is -0.0882. The van der Waals surface area contributed by atoms with Crippen LogP contribution in [0.5, 0.6) is 0 Å². The monoisotopic (exact) mass is 392 g/mol. The van der Waals surface area contributed by atoms with Gasteiger partial charge in [-0.05, 0) is 44.0 Å². The Hall–Kier alpha value is -2.80. The number of nitrogens with zero attached hydrogens (tertiary/aromatic N) is 3. The summed E-state index contributed by atoms with van der Waals surface area (Å²) in [4.78, 5) is 12.4. The van der Waals surface area contributed by atoms with Gasteiger partial charge in [0.05, 0.1) is 5.75 Å². The molecule has 1 saturated carbocycles. The molecule has 2 heterocycles. The molecular formula is C21H20N4O2S. The summed E-state index contributed by atoms with van der Waals surface area (Å²) in [5.41, 5.74) is 3.18. The SMILES string of the molecule is CCn1c2ccccc2c2cc(NC(=O)CSc3nnc(C4CC4)o3)ccc21. The Morgan fingerprint density at radius 1 is 1.18 bits per heavy atom.